The van der Waals surface area contributed by atoms with Crippen molar-refractivity contribution in [3.8, 4) is 5.75 Å². The van der Waals surface area contributed by atoms with Gasteiger partial charge in [-0.1, -0.05) is 18.3 Å². The first-order chi connectivity index (χ1) is 17.7. The first kappa shape index (κ1) is 30.3. The van der Waals surface area contributed by atoms with Gasteiger partial charge >= 0.3 is 0 Å². The number of hydrogen-bond donors (Lipinski definition) is 0. The normalized spacial score (nSPS) is 15.0. The number of fused-ring (bicyclic) bond motifs is 1. The van der Waals surface area contributed by atoms with E-state index < -0.39 is 10.0 Å². The van der Waals surface area contributed by atoms with Crippen molar-refractivity contribution in [2.45, 2.75) is 38.0 Å². The fourth-order valence-corrected chi connectivity index (χ4v) is 6.88. The molecule has 1 aliphatic heterocycles. The maximum absolute atomic E-state index is 13.7. The van der Waals surface area contributed by atoms with Gasteiger partial charge in [0.05, 0.1) is 21.7 Å². The van der Waals surface area contributed by atoms with Crippen LogP contribution in [-0.2, 0) is 10.0 Å². The number of anilines is 1. The van der Waals surface area contributed by atoms with Crippen molar-refractivity contribution in [3.63, 3.8) is 0 Å². The SMILES string of the molecule is CCOc1ccc2nc(N(CCCN(C)C)C(=O)c3ccc(S(=O)(=O)N4CCC(C)CC4)cc3)sc2c1.Cl. The molecule has 11 heteroatoms. The van der Waals surface area contributed by atoms with Gasteiger partial charge in [-0.25, -0.2) is 13.4 Å². The molecule has 4 rings (SSSR count). The van der Waals surface area contributed by atoms with Crippen molar-refractivity contribution in [1.29, 1.82) is 0 Å². The fourth-order valence-electron chi connectivity index (χ4n) is 4.39. The summed E-state index contributed by atoms with van der Waals surface area (Å²) in [6, 6.07) is 12.1. The van der Waals surface area contributed by atoms with Gasteiger partial charge in [-0.05, 0) is 95.2 Å². The summed E-state index contributed by atoms with van der Waals surface area (Å²) in [5.74, 6) is 1.12. The average molecular weight is 581 g/mol. The monoisotopic (exact) mass is 580 g/mol. The van der Waals surface area contributed by atoms with Crippen LogP contribution in [0.5, 0.6) is 5.75 Å². The lowest BCUT2D eigenvalue weighted by atomic mass is 10.0. The van der Waals surface area contributed by atoms with Gasteiger partial charge in [-0.15, -0.1) is 12.4 Å². The largest absolute Gasteiger partial charge is 0.494 e. The van der Waals surface area contributed by atoms with Crippen LogP contribution in [0.2, 0.25) is 0 Å². The third-order valence-corrected chi connectivity index (χ3v) is 9.56. The lowest BCUT2D eigenvalue weighted by molar-refractivity contribution is 0.0986. The summed E-state index contributed by atoms with van der Waals surface area (Å²) in [4.78, 5) is 22.4. The number of hydrogen-bond acceptors (Lipinski definition) is 7. The van der Waals surface area contributed by atoms with E-state index in [0.717, 1.165) is 41.8 Å². The lowest BCUT2D eigenvalue weighted by Gasteiger charge is -2.29. The van der Waals surface area contributed by atoms with Gasteiger partial charge in [0.15, 0.2) is 5.13 Å². The Hall–Kier alpha value is -2.24. The summed E-state index contributed by atoms with van der Waals surface area (Å²) in [5.41, 5.74) is 1.25. The molecule has 8 nitrogen and oxygen atoms in total. The molecule has 1 fully saturated rings. The molecule has 0 unspecified atom stereocenters. The van der Waals surface area contributed by atoms with Crippen molar-refractivity contribution in [1.82, 2.24) is 14.2 Å². The van der Waals surface area contributed by atoms with E-state index in [1.165, 1.54) is 11.3 Å². The molecule has 3 aromatic rings. The number of nitrogens with zero attached hydrogens (tertiary/aromatic N) is 4. The predicted molar refractivity (Wildman–Crippen MR) is 156 cm³/mol. The molecular formula is C27H37ClN4O4S2. The van der Waals surface area contributed by atoms with E-state index in [1.54, 1.807) is 33.5 Å². The van der Waals surface area contributed by atoms with Gasteiger partial charge in [0.2, 0.25) is 10.0 Å². The molecule has 1 saturated heterocycles. The van der Waals surface area contributed by atoms with E-state index in [2.05, 4.69) is 11.8 Å². The van der Waals surface area contributed by atoms with Crippen molar-refractivity contribution < 1.29 is 17.9 Å². The Balaban J connectivity index is 0.00000400. The van der Waals surface area contributed by atoms with Crippen LogP contribution < -0.4 is 9.64 Å². The maximum atomic E-state index is 13.7. The molecule has 0 bridgehead atoms. The van der Waals surface area contributed by atoms with Crippen LogP contribution in [0.1, 0.15) is 43.5 Å². The summed E-state index contributed by atoms with van der Waals surface area (Å²) >= 11 is 1.45. The Morgan fingerprint density at radius 1 is 1.11 bits per heavy atom. The second kappa shape index (κ2) is 13.2. The molecule has 0 N–H and O–H groups in total. The summed E-state index contributed by atoms with van der Waals surface area (Å²) < 4.78 is 34.4. The number of halogens is 1. The van der Waals surface area contributed by atoms with Crippen LogP contribution in [-0.4, -0.2) is 75.4 Å². The zero-order valence-electron chi connectivity index (χ0n) is 22.4. The summed E-state index contributed by atoms with van der Waals surface area (Å²) in [7, 11) is 0.433. The standard InChI is InChI=1S/C27H36N4O4S2.ClH/c1-5-35-22-9-12-24-25(19-22)36-27(28-24)31(16-6-15-29(3)4)26(32)21-7-10-23(11-8-21)37(33,34)30-17-13-20(2)14-18-30;/h7-12,19-20H,5-6,13-18H2,1-4H3;1H. The molecule has 2 aromatic carbocycles. The van der Waals surface area contributed by atoms with Crippen molar-refractivity contribution >= 4 is 55.0 Å². The van der Waals surface area contributed by atoms with Gasteiger partial charge in [0.1, 0.15) is 5.75 Å². The molecule has 1 aromatic heterocycles. The average Bonchev–Trinajstić information content (AvgIpc) is 3.30. The Morgan fingerprint density at radius 2 is 1.79 bits per heavy atom. The second-order valence-electron chi connectivity index (χ2n) is 9.78. The molecule has 0 spiro atoms. The van der Waals surface area contributed by atoms with E-state index in [4.69, 9.17) is 9.72 Å². The number of carbonyl (C=O) groups excluding carboxylic acids is 1. The summed E-state index contributed by atoms with van der Waals surface area (Å²) in [6.07, 6.45) is 2.51. The molecular weight excluding hydrogens is 544 g/mol. The van der Waals surface area contributed by atoms with Crippen LogP contribution in [0.4, 0.5) is 5.13 Å². The Bertz CT molecular complexity index is 1320. The van der Waals surface area contributed by atoms with Gasteiger partial charge in [0.25, 0.3) is 5.91 Å². The molecule has 1 amide bonds. The number of ether oxygens (including phenoxy) is 1. The van der Waals surface area contributed by atoms with Gasteiger partial charge in [-0.2, -0.15) is 4.31 Å². The summed E-state index contributed by atoms with van der Waals surface area (Å²) in [6.45, 7) is 7.07. The number of aromatic nitrogens is 1. The highest BCUT2D eigenvalue weighted by molar-refractivity contribution is 7.89. The van der Waals surface area contributed by atoms with E-state index in [1.807, 2.05) is 39.2 Å². The molecule has 2 heterocycles. The zero-order valence-corrected chi connectivity index (χ0v) is 24.9. The molecule has 0 saturated carbocycles. The molecule has 0 aliphatic carbocycles. The van der Waals surface area contributed by atoms with E-state index in [9.17, 15) is 13.2 Å². The number of sulfonamides is 1. The summed E-state index contributed by atoms with van der Waals surface area (Å²) in [5, 5.41) is 0.617. The minimum atomic E-state index is -3.57. The quantitative estimate of drug-likeness (QED) is 0.330. The van der Waals surface area contributed by atoms with Crippen LogP contribution in [0, 0.1) is 5.92 Å². The van der Waals surface area contributed by atoms with Gasteiger partial charge in [-0.3, -0.25) is 9.69 Å². The van der Waals surface area contributed by atoms with E-state index >= 15 is 0 Å². The van der Waals surface area contributed by atoms with Crippen LogP contribution in [0.3, 0.4) is 0 Å². The number of rotatable bonds is 10. The van der Waals surface area contributed by atoms with Crippen molar-refractivity contribution in [3.05, 3.63) is 48.0 Å². The third kappa shape index (κ3) is 7.04. The highest BCUT2D eigenvalue weighted by Crippen LogP contribution is 2.33. The Morgan fingerprint density at radius 3 is 2.42 bits per heavy atom. The smallest absolute Gasteiger partial charge is 0.260 e. The Kier molecular flexibility index (Phi) is 10.5. The number of benzene rings is 2. The third-order valence-electron chi connectivity index (χ3n) is 6.60. The number of thiazole rings is 1. The highest BCUT2D eigenvalue weighted by Gasteiger charge is 2.29. The number of carbonyl (C=O) groups is 1. The fraction of sp³-hybridized carbons (Fsp3) is 0.481. The van der Waals surface area contributed by atoms with Crippen molar-refractivity contribution in [2.75, 3.05) is 51.8 Å². The zero-order chi connectivity index (χ0) is 26.6. The Labute approximate surface area is 236 Å². The molecule has 38 heavy (non-hydrogen) atoms. The molecule has 1 aliphatic rings. The van der Waals surface area contributed by atoms with E-state index in [0.29, 0.717) is 42.9 Å². The van der Waals surface area contributed by atoms with Crippen molar-refractivity contribution in [2.24, 2.45) is 5.92 Å². The molecule has 0 radical (unpaired) electrons. The first-order valence-electron chi connectivity index (χ1n) is 12.8. The van der Waals surface area contributed by atoms with Gasteiger partial charge in [0, 0.05) is 25.2 Å². The first-order valence-corrected chi connectivity index (χ1v) is 15.0. The lowest BCUT2D eigenvalue weighted by Crippen LogP contribution is -2.38. The van der Waals surface area contributed by atoms with Gasteiger partial charge < -0.3 is 9.64 Å². The second-order valence-corrected chi connectivity index (χ2v) is 12.7. The highest BCUT2D eigenvalue weighted by atomic mass is 35.5. The number of piperidine rings is 1. The van der Waals surface area contributed by atoms with E-state index in [-0.39, 0.29) is 23.2 Å². The minimum absolute atomic E-state index is 0. The minimum Gasteiger partial charge on any atom is -0.494 e. The van der Waals surface area contributed by atoms with Crippen LogP contribution in [0.25, 0.3) is 10.2 Å². The molecule has 208 valence electrons. The predicted octanol–water partition coefficient (Wildman–Crippen LogP) is 5.14. The van der Waals surface area contributed by atoms with Crippen LogP contribution >= 0.6 is 23.7 Å². The maximum Gasteiger partial charge on any atom is 0.260 e. The van der Waals surface area contributed by atoms with Crippen LogP contribution in [0.15, 0.2) is 47.4 Å². The number of amides is 1. The molecule has 0 atom stereocenters. The topological polar surface area (TPSA) is 83.0 Å².